The summed E-state index contributed by atoms with van der Waals surface area (Å²) >= 11 is 6.03. The van der Waals surface area contributed by atoms with Gasteiger partial charge in [0.25, 0.3) is 0 Å². The third kappa shape index (κ3) is 3.55. The standard InChI is InChI=1S/C12H15ClFNO.ClH/c13-11-2-1-9(14)7-10(11)12(15)8-3-5-16-6-4-8;/h1-2,7-8,12H,3-6,15H2;1H/t12-;/m1./s1. The summed E-state index contributed by atoms with van der Waals surface area (Å²) in [6.45, 7) is 1.45. The van der Waals surface area contributed by atoms with Gasteiger partial charge in [-0.2, -0.15) is 0 Å². The Bertz CT molecular complexity index is 370. The highest BCUT2D eigenvalue weighted by molar-refractivity contribution is 6.31. The molecule has 0 saturated carbocycles. The lowest BCUT2D eigenvalue weighted by Crippen LogP contribution is -2.27. The Labute approximate surface area is 112 Å². The van der Waals surface area contributed by atoms with Gasteiger partial charge in [0.2, 0.25) is 0 Å². The van der Waals surface area contributed by atoms with E-state index in [0.29, 0.717) is 16.5 Å². The van der Waals surface area contributed by atoms with Gasteiger partial charge in [-0.25, -0.2) is 4.39 Å². The molecule has 0 spiro atoms. The highest BCUT2D eigenvalue weighted by atomic mass is 35.5. The first kappa shape index (κ1) is 14.7. The first-order valence-corrected chi connectivity index (χ1v) is 5.84. The van der Waals surface area contributed by atoms with Crippen molar-refractivity contribution >= 4 is 24.0 Å². The molecule has 2 rings (SSSR count). The normalized spacial score (nSPS) is 18.5. The van der Waals surface area contributed by atoms with E-state index in [1.54, 1.807) is 6.07 Å². The first-order chi connectivity index (χ1) is 7.68. The van der Waals surface area contributed by atoms with E-state index in [2.05, 4.69) is 0 Å². The third-order valence-corrected chi connectivity index (χ3v) is 3.44. The summed E-state index contributed by atoms with van der Waals surface area (Å²) in [6, 6.07) is 4.14. The number of ether oxygens (including phenoxy) is 1. The molecule has 0 aliphatic carbocycles. The summed E-state index contributed by atoms with van der Waals surface area (Å²) in [5, 5.41) is 0.542. The molecule has 0 aromatic heterocycles. The van der Waals surface area contributed by atoms with E-state index in [1.165, 1.54) is 12.1 Å². The zero-order chi connectivity index (χ0) is 11.5. The fourth-order valence-corrected chi connectivity index (χ4v) is 2.34. The molecule has 96 valence electrons. The maximum absolute atomic E-state index is 13.1. The van der Waals surface area contributed by atoms with E-state index in [0.717, 1.165) is 26.1 Å². The molecular weight excluding hydrogens is 264 g/mol. The number of rotatable bonds is 2. The Balaban J connectivity index is 0.00000144. The summed E-state index contributed by atoms with van der Waals surface area (Å²) in [4.78, 5) is 0. The molecule has 1 saturated heterocycles. The van der Waals surface area contributed by atoms with Crippen molar-refractivity contribution in [1.82, 2.24) is 0 Å². The molecular formula is C12H16Cl2FNO. The topological polar surface area (TPSA) is 35.2 Å². The fraction of sp³-hybridized carbons (Fsp3) is 0.500. The van der Waals surface area contributed by atoms with Crippen LogP contribution in [0.3, 0.4) is 0 Å². The fourth-order valence-electron chi connectivity index (χ4n) is 2.10. The minimum absolute atomic E-state index is 0. The molecule has 17 heavy (non-hydrogen) atoms. The van der Waals surface area contributed by atoms with Gasteiger partial charge in [-0.15, -0.1) is 12.4 Å². The maximum atomic E-state index is 13.1. The molecule has 1 heterocycles. The van der Waals surface area contributed by atoms with Crippen molar-refractivity contribution in [3.8, 4) is 0 Å². The average Bonchev–Trinajstić information content (AvgIpc) is 2.32. The zero-order valence-electron chi connectivity index (χ0n) is 9.36. The van der Waals surface area contributed by atoms with Crippen LogP contribution in [-0.2, 0) is 4.74 Å². The number of hydrogen-bond acceptors (Lipinski definition) is 2. The summed E-state index contributed by atoms with van der Waals surface area (Å²) in [5.41, 5.74) is 6.84. The molecule has 2 nitrogen and oxygen atoms in total. The molecule has 0 bridgehead atoms. The molecule has 1 atom stereocenters. The molecule has 0 radical (unpaired) electrons. The third-order valence-electron chi connectivity index (χ3n) is 3.09. The van der Waals surface area contributed by atoms with Crippen molar-refractivity contribution in [3.63, 3.8) is 0 Å². The SMILES string of the molecule is Cl.N[C@@H](c1cc(F)ccc1Cl)C1CCOCC1. The van der Waals surface area contributed by atoms with Crippen LogP contribution in [0.15, 0.2) is 18.2 Å². The average molecular weight is 280 g/mol. The van der Waals surface area contributed by atoms with Gasteiger partial charge in [0.1, 0.15) is 5.82 Å². The smallest absolute Gasteiger partial charge is 0.123 e. The van der Waals surface area contributed by atoms with Gasteiger partial charge < -0.3 is 10.5 Å². The molecule has 1 aromatic rings. The lowest BCUT2D eigenvalue weighted by Gasteiger charge is -2.28. The number of hydrogen-bond donors (Lipinski definition) is 1. The van der Waals surface area contributed by atoms with Gasteiger partial charge >= 0.3 is 0 Å². The van der Waals surface area contributed by atoms with Gasteiger partial charge in [0.05, 0.1) is 0 Å². The van der Waals surface area contributed by atoms with Gasteiger partial charge in [-0.1, -0.05) is 11.6 Å². The van der Waals surface area contributed by atoms with Crippen LogP contribution < -0.4 is 5.73 Å². The number of nitrogens with two attached hydrogens (primary N) is 1. The van der Waals surface area contributed by atoms with Crippen LogP contribution in [0.5, 0.6) is 0 Å². The summed E-state index contributed by atoms with van der Waals surface area (Å²) in [5.74, 6) is 0.0370. The molecule has 0 amide bonds. The first-order valence-electron chi connectivity index (χ1n) is 5.47. The van der Waals surface area contributed by atoms with E-state index < -0.39 is 0 Å². The van der Waals surface area contributed by atoms with Crippen molar-refractivity contribution in [2.24, 2.45) is 11.7 Å². The second kappa shape index (κ2) is 6.55. The monoisotopic (exact) mass is 279 g/mol. The largest absolute Gasteiger partial charge is 0.381 e. The molecule has 5 heteroatoms. The van der Waals surface area contributed by atoms with E-state index in [9.17, 15) is 4.39 Å². The lowest BCUT2D eigenvalue weighted by molar-refractivity contribution is 0.0583. The quantitative estimate of drug-likeness (QED) is 0.901. The van der Waals surface area contributed by atoms with Crippen LogP contribution in [0.2, 0.25) is 5.02 Å². The highest BCUT2D eigenvalue weighted by Crippen LogP contribution is 2.32. The summed E-state index contributed by atoms with van der Waals surface area (Å²) in [6.07, 6.45) is 1.82. The molecule has 1 aliphatic rings. The van der Waals surface area contributed by atoms with Crippen LogP contribution in [0.25, 0.3) is 0 Å². The summed E-state index contributed by atoms with van der Waals surface area (Å²) in [7, 11) is 0. The second-order valence-corrected chi connectivity index (χ2v) is 4.55. The Morgan fingerprint density at radius 2 is 2.00 bits per heavy atom. The van der Waals surface area contributed by atoms with E-state index >= 15 is 0 Å². The number of benzene rings is 1. The van der Waals surface area contributed by atoms with Crippen molar-refractivity contribution in [3.05, 3.63) is 34.6 Å². The van der Waals surface area contributed by atoms with Crippen LogP contribution in [0.1, 0.15) is 24.4 Å². The van der Waals surface area contributed by atoms with E-state index in [4.69, 9.17) is 22.1 Å². The Morgan fingerprint density at radius 3 is 2.65 bits per heavy atom. The van der Waals surface area contributed by atoms with Crippen molar-refractivity contribution in [2.75, 3.05) is 13.2 Å². The summed E-state index contributed by atoms with van der Waals surface area (Å²) < 4.78 is 18.4. The van der Waals surface area contributed by atoms with Gasteiger partial charge in [-0.3, -0.25) is 0 Å². The predicted molar refractivity (Wildman–Crippen MR) is 69.1 cm³/mol. The van der Waals surface area contributed by atoms with Crippen molar-refractivity contribution in [2.45, 2.75) is 18.9 Å². The van der Waals surface area contributed by atoms with Crippen LogP contribution >= 0.6 is 24.0 Å². The molecule has 0 unspecified atom stereocenters. The Hall–Kier alpha value is -0.350. The molecule has 1 fully saturated rings. The van der Waals surface area contributed by atoms with Gasteiger partial charge in [-0.05, 0) is 42.5 Å². The van der Waals surface area contributed by atoms with E-state index in [1.807, 2.05) is 0 Å². The van der Waals surface area contributed by atoms with Crippen LogP contribution in [0.4, 0.5) is 4.39 Å². The minimum atomic E-state index is -0.290. The van der Waals surface area contributed by atoms with Gasteiger partial charge in [0, 0.05) is 24.3 Å². The molecule has 2 N–H and O–H groups in total. The molecule has 1 aliphatic heterocycles. The molecule has 1 aromatic carbocycles. The van der Waals surface area contributed by atoms with Crippen LogP contribution in [0, 0.1) is 11.7 Å². The Kier molecular flexibility index (Phi) is 5.67. The number of halogens is 3. The van der Waals surface area contributed by atoms with Crippen molar-refractivity contribution < 1.29 is 9.13 Å². The highest BCUT2D eigenvalue weighted by Gasteiger charge is 2.24. The van der Waals surface area contributed by atoms with E-state index in [-0.39, 0.29) is 24.3 Å². The minimum Gasteiger partial charge on any atom is -0.381 e. The zero-order valence-corrected chi connectivity index (χ0v) is 10.9. The van der Waals surface area contributed by atoms with Crippen molar-refractivity contribution in [1.29, 1.82) is 0 Å². The Morgan fingerprint density at radius 1 is 1.35 bits per heavy atom. The van der Waals surface area contributed by atoms with Gasteiger partial charge in [0.15, 0.2) is 0 Å². The lowest BCUT2D eigenvalue weighted by atomic mass is 9.88. The predicted octanol–water partition coefficient (Wildman–Crippen LogP) is 3.33. The second-order valence-electron chi connectivity index (χ2n) is 4.14. The maximum Gasteiger partial charge on any atom is 0.123 e. The van der Waals surface area contributed by atoms with Crippen LogP contribution in [-0.4, -0.2) is 13.2 Å².